The molecular weight excluding hydrogens is 328 g/mol. The summed E-state index contributed by atoms with van der Waals surface area (Å²) in [4.78, 5) is 16.2. The Labute approximate surface area is 157 Å². The van der Waals surface area contributed by atoms with Crippen molar-refractivity contribution in [2.45, 2.75) is 46.1 Å². The second-order valence-electron chi connectivity index (χ2n) is 8.57. The third kappa shape index (κ3) is 4.71. The van der Waals surface area contributed by atoms with Crippen molar-refractivity contribution in [3.8, 4) is 0 Å². The molecule has 0 unspecified atom stereocenters. The van der Waals surface area contributed by atoms with Crippen LogP contribution in [0.2, 0.25) is 0 Å². The van der Waals surface area contributed by atoms with Crippen LogP contribution in [0.1, 0.15) is 40.5 Å². The molecule has 5 heteroatoms. The fraction of sp³-hybridized carbons (Fsp3) is 0.571. The van der Waals surface area contributed by atoms with Crippen molar-refractivity contribution in [1.82, 2.24) is 9.80 Å². The molecule has 0 radical (unpaired) electrons. The number of aliphatic hydroxyl groups is 1. The van der Waals surface area contributed by atoms with Gasteiger partial charge in [-0.3, -0.25) is 0 Å². The summed E-state index contributed by atoms with van der Waals surface area (Å²) in [6, 6.07) is 0. The van der Waals surface area contributed by atoms with Crippen LogP contribution >= 0.6 is 0 Å². The highest BCUT2D eigenvalue weighted by atomic mass is 16.6. The van der Waals surface area contributed by atoms with Gasteiger partial charge < -0.3 is 19.6 Å². The predicted octanol–water partition coefficient (Wildman–Crippen LogP) is 4.41. The number of hydrogen-bond acceptors (Lipinski definition) is 4. The highest BCUT2D eigenvalue weighted by Gasteiger charge is 2.46. The fourth-order valence-corrected chi connectivity index (χ4v) is 3.43. The van der Waals surface area contributed by atoms with Gasteiger partial charge in [0.1, 0.15) is 11.4 Å². The minimum atomic E-state index is -0.453. The van der Waals surface area contributed by atoms with Gasteiger partial charge in [-0.15, -0.1) is 0 Å². The average molecular weight is 360 g/mol. The molecule has 0 bridgehead atoms. The first kappa shape index (κ1) is 20.1. The van der Waals surface area contributed by atoms with E-state index >= 15 is 0 Å². The summed E-state index contributed by atoms with van der Waals surface area (Å²) in [5.41, 5.74) is 2.13. The van der Waals surface area contributed by atoms with Gasteiger partial charge in [-0.05, 0) is 52.2 Å². The molecule has 0 aliphatic carbocycles. The number of allylic oxidation sites excluding steroid dienone is 2. The van der Waals surface area contributed by atoms with Crippen molar-refractivity contribution < 1.29 is 14.6 Å². The second kappa shape index (κ2) is 7.22. The molecular formula is C21H32N2O3. The lowest BCUT2D eigenvalue weighted by Gasteiger charge is -2.55. The van der Waals surface area contributed by atoms with Crippen LogP contribution in [-0.2, 0) is 4.74 Å². The molecule has 2 rings (SSSR count). The molecule has 0 atom stereocenters. The summed E-state index contributed by atoms with van der Waals surface area (Å²) < 4.78 is 5.46. The van der Waals surface area contributed by atoms with Gasteiger partial charge in [-0.2, -0.15) is 0 Å². The molecule has 0 aromatic heterocycles. The van der Waals surface area contributed by atoms with Crippen molar-refractivity contribution in [3.63, 3.8) is 0 Å². The zero-order valence-electron chi connectivity index (χ0n) is 16.6. The van der Waals surface area contributed by atoms with E-state index in [2.05, 4.69) is 24.6 Å². The first-order valence-electron chi connectivity index (χ1n) is 9.10. The lowest BCUT2D eigenvalue weighted by Crippen LogP contribution is -2.60. The lowest BCUT2D eigenvalue weighted by atomic mass is 9.72. The van der Waals surface area contributed by atoms with Crippen molar-refractivity contribution in [2.24, 2.45) is 5.41 Å². The van der Waals surface area contributed by atoms with E-state index in [4.69, 9.17) is 4.74 Å². The van der Waals surface area contributed by atoms with Crippen LogP contribution in [0.3, 0.4) is 0 Å². The van der Waals surface area contributed by atoms with Crippen molar-refractivity contribution in [3.05, 3.63) is 48.4 Å². The first-order chi connectivity index (χ1) is 11.9. The van der Waals surface area contributed by atoms with Crippen molar-refractivity contribution in [2.75, 3.05) is 26.2 Å². The van der Waals surface area contributed by atoms with E-state index in [0.29, 0.717) is 5.57 Å². The third-order valence-electron chi connectivity index (χ3n) is 5.14. The summed E-state index contributed by atoms with van der Waals surface area (Å²) in [5.74, 6) is -0.0128. The van der Waals surface area contributed by atoms with Gasteiger partial charge in [0.05, 0.1) is 0 Å². The smallest absolute Gasteiger partial charge is 0.410 e. The number of ether oxygens (including phenoxy) is 1. The van der Waals surface area contributed by atoms with Gasteiger partial charge in [-0.1, -0.05) is 19.7 Å². The van der Waals surface area contributed by atoms with Crippen LogP contribution < -0.4 is 0 Å². The SMILES string of the molecule is C=C(O)C(=C)/C(C)=C\C(=C)N1CC2(CCN(C(=O)OC(C)(C)C)CC2)C1. The number of rotatable bonds is 4. The van der Waals surface area contributed by atoms with E-state index in [1.165, 1.54) is 0 Å². The summed E-state index contributed by atoms with van der Waals surface area (Å²) in [7, 11) is 0. The molecule has 0 aromatic rings. The largest absolute Gasteiger partial charge is 0.508 e. The van der Waals surface area contributed by atoms with Gasteiger partial charge >= 0.3 is 6.09 Å². The quantitative estimate of drug-likeness (QED) is 0.596. The van der Waals surface area contributed by atoms with Crippen molar-refractivity contribution >= 4 is 6.09 Å². The lowest BCUT2D eigenvalue weighted by molar-refractivity contribution is -0.0342. The topological polar surface area (TPSA) is 53.0 Å². The summed E-state index contributed by atoms with van der Waals surface area (Å²) in [5, 5.41) is 9.43. The number of hydrogen-bond donors (Lipinski definition) is 1. The Balaban J connectivity index is 1.84. The highest BCUT2D eigenvalue weighted by molar-refractivity contribution is 5.68. The molecule has 26 heavy (non-hydrogen) atoms. The number of amides is 1. The molecule has 0 aromatic carbocycles. The minimum Gasteiger partial charge on any atom is -0.508 e. The molecule has 1 amide bonds. The fourth-order valence-electron chi connectivity index (χ4n) is 3.43. The van der Waals surface area contributed by atoms with E-state index in [-0.39, 0.29) is 17.3 Å². The van der Waals surface area contributed by atoms with Gasteiger partial charge in [-0.25, -0.2) is 4.79 Å². The summed E-state index contributed by atoms with van der Waals surface area (Å²) in [6.45, 7) is 22.4. The molecule has 1 spiro atoms. The number of nitrogens with zero attached hydrogens (tertiary/aromatic N) is 2. The average Bonchev–Trinajstić information content (AvgIpc) is 2.49. The molecule has 2 heterocycles. The van der Waals surface area contributed by atoms with E-state index in [9.17, 15) is 9.90 Å². The minimum absolute atomic E-state index is 0.0128. The standard InChI is InChI=1S/C21H32N2O3/c1-15(17(3)18(4)24)12-16(2)23-13-21(14-23)8-10-22(11-9-21)19(25)26-20(5,6)7/h12,24H,2-4,8-11,13-14H2,1,5-7H3/b15-12-. The third-order valence-corrected chi connectivity index (χ3v) is 5.14. The Bertz CT molecular complexity index is 639. The monoisotopic (exact) mass is 360 g/mol. The van der Waals surface area contributed by atoms with Crippen molar-refractivity contribution in [1.29, 1.82) is 0 Å². The molecule has 2 saturated heterocycles. The van der Waals surface area contributed by atoms with Crippen LogP contribution in [0.5, 0.6) is 0 Å². The Morgan fingerprint density at radius 1 is 1.12 bits per heavy atom. The Morgan fingerprint density at radius 3 is 2.12 bits per heavy atom. The molecule has 5 nitrogen and oxygen atoms in total. The van der Waals surface area contributed by atoms with Crippen LogP contribution in [0.4, 0.5) is 4.79 Å². The van der Waals surface area contributed by atoms with Gasteiger partial charge in [0.15, 0.2) is 0 Å². The van der Waals surface area contributed by atoms with E-state index in [1.807, 2.05) is 38.7 Å². The normalized spacial score (nSPS) is 19.8. The molecule has 144 valence electrons. The van der Waals surface area contributed by atoms with E-state index in [1.54, 1.807) is 0 Å². The summed E-state index contributed by atoms with van der Waals surface area (Å²) >= 11 is 0. The molecule has 2 aliphatic heterocycles. The van der Waals surface area contributed by atoms with Crippen LogP contribution in [0.15, 0.2) is 48.4 Å². The Morgan fingerprint density at radius 2 is 1.65 bits per heavy atom. The number of carbonyl (C=O) groups excluding carboxylic acids is 1. The number of aliphatic hydroxyl groups excluding tert-OH is 1. The maximum Gasteiger partial charge on any atom is 0.410 e. The molecule has 1 N–H and O–H groups in total. The van der Waals surface area contributed by atoms with Crippen LogP contribution in [0, 0.1) is 5.41 Å². The first-order valence-corrected chi connectivity index (χ1v) is 9.10. The van der Waals surface area contributed by atoms with Gasteiger partial charge in [0, 0.05) is 42.9 Å². The predicted molar refractivity (Wildman–Crippen MR) is 105 cm³/mol. The number of carbonyl (C=O) groups is 1. The maximum atomic E-state index is 12.2. The maximum absolute atomic E-state index is 12.2. The molecule has 2 aliphatic rings. The van der Waals surface area contributed by atoms with Gasteiger partial charge in [0.25, 0.3) is 0 Å². The molecule has 0 saturated carbocycles. The van der Waals surface area contributed by atoms with Crippen LogP contribution in [-0.4, -0.2) is 52.8 Å². The number of piperidine rings is 1. The Hall–Kier alpha value is -2.17. The summed E-state index contributed by atoms with van der Waals surface area (Å²) in [6.07, 6.45) is 3.69. The van der Waals surface area contributed by atoms with Gasteiger partial charge in [0.2, 0.25) is 0 Å². The Kier molecular flexibility index (Phi) is 5.59. The van der Waals surface area contributed by atoms with E-state index in [0.717, 1.165) is 50.3 Å². The highest BCUT2D eigenvalue weighted by Crippen LogP contribution is 2.42. The second-order valence-corrected chi connectivity index (χ2v) is 8.57. The zero-order valence-corrected chi connectivity index (χ0v) is 16.6. The number of likely N-dealkylation sites (tertiary alicyclic amines) is 2. The van der Waals surface area contributed by atoms with Crippen LogP contribution in [0.25, 0.3) is 0 Å². The van der Waals surface area contributed by atoms with E-state index < -0.39 is 5.60 Å². The molecule has 2 fully saturated rings. The zero-order chi connectivity index (χ0) is 19.7.